The Hall–Kier alpha value is -4.38. The number of ether oxygens (including phenoxy) is 1. The molecule has 0 aliphatic rings. The lowest BCUT2D eigenvalue weighted by Gasteiger charge is -2.32. The molecule has 0 saturated carbocycles. The van der Waals surface area contributed by atoms with Gasteiger partial charge < -0.3 is 21.1 Å². The molecule has 40 heavy (non-hydrogen) atoms. The maximum Gasteiger partial charge on any atom is 0.327 e. The summed E-state index contributed by atoms with van der Waals surface area (Å²) in [5, 5.41) is 6.29. The largest absolute Gasteiger partial charge is 0.465 e. The molecular weight excluding hydrogens is 538 g/mol. The number of nitrogen functional groups attached to an aromatic ring is 1. The van der Waals surface area contributed by atoms with Crippen molar-refractivity contribution in [2.45, 2.75) is 39.8 Å². The number of hydrogen-bond acceptors (Lipinski definition) is 7. The molecular formula is C28H34ClN5O6. The highest BCUT2D eigenvalue weighted by atomic mass is 35.5. The Labute approximate surface area is 238 Å². The summed E-state index contributed by atoms with van der Waals surface area (Å²) in [4.78, 5) is 64.3. The number of hydrazine groups is 1. The Morgan fingerprint density at radius 2 is 1.70 bits per heavy atom. The Bertz CT molecular complexity index is 1260. The molecule has 0 heterocycles. The molecule has 214 valence electrons. The van der Waals surface area contributed by atoms with E-state index in [0.717, 1.165) is 11.1 Å². The van der Waals surface area contributed by atoms with Crippen LogP contribution in [0, 0.1) is 5.41 Å². The van der Waals surface area contributed by atoms with Crippen molar-refractivity contribution in [2.24, 2.45) is 5.41 Å². The number of amides is 4. The van der Waals surface area contributed by atoms with Crippen LogP contribution in [0.4, 0.5) is 5.69 Å². The van der Waals surface area contributed by atoms with Crippen LogP contribution in [0.3, 0.4) is 0 Å². The number of esters is 1. The van der Waals surface area contributed by atoms with Gasteiger partial charge in [-0.25, -0.2) is 5.01 Å². The first-order valence-electron chi connectivity index (χ1n) is 12.4. The lowest BCUT2D eigenvalue weighted by Crippen LogP contribution is -2.57. The van der Waals surface area contributed by atoms with Crippen molar-refractivity contribution in [3.05, 3.63) is 77.3 Å². The van der Waals surface area contributed by atoms with E-state index >= 15 is 0 Å². The summed E-state index contributed by atoms with van der Waals surface area (Å²) in [6, 6.07) is 10.2. The van der Waals surface area contributed by atoms with Crippen LogP contribution in [0.5, 0.6) is 0 Å². The number of nitrogens with two attached hydrogens (primary N) is 1. The van der Waals surface area contributed by atoms with Crippen molar-refractivity contribution >= 4 is 46.9 Å². The molecule has 0 saturated heterocycles. The second-order valence-electron chi connectivity index (χ2n) is 9.77. The fourth-order valence-corrected chi connectivity index (χ4v) is 3.73. The number of nitrogens with zero attached hydrogens (tertiary/aromatic N) is 1. The van der Waals surface area contributed by atoms with Gasteiger partial charge in [0.2, 0.25) is 5.91 Å². The van der Waals surface area contributed by atoms with Gasteiger partial charge in [-0.3, -0.25) is 29.4 Å². The Morgan fingerprint density at radius 3 is 2.25 bits per heavy atom. The molecule has 0 radical (unpaired) electrons. The van der Waals surface area contributed by atoms with Crippen LogP contribution in [-0.4, -0.2) is 53.8 Å². The number of halogens is 1. The first-order valence-corrected chi connectivity index (χ1v) is 12.8. The monoisotopic (exact) mass is 571 g/mol. The van der Waals surface area contributed by atoms with Crippen LogP contribution in [0.1, 0.15) is 49.7 Å². The number of rotatable bonds is 10. The van der Waals surface area contributed by atoms with E-state index in [0.29, 0.717) is 11.3 Å². The SMILES string of the molecule is C=CC(=O)N(CC(=O)OCC)NC(=O)C(NC(=O)[C@@H](NC(=O)c1ccc(N)c(Cl)c1)C(C)(C)C)c1ccccc1. The zero-order valence-corrected chi connectivity index (χ0v) is 23.6. The summed E-state index contributed by atoms with van der Waals surface area (Å²) in [7, 11) is 0. The molecule has 0 fully saturated rings. The second-order valence-corrected chi connectivity index (χ2v) is 10.2. The summed E-state index contributed by atoms with van der Waals surface area (Å²) in [5.74, 6) is -3.57. The van der Waals surface area contributed by atoms with E-state index in [9.17, 15) is 24.0 Å². The van der Waals surface area contributed by atoms with Crippen LogP contribution in [-0.2, 0) is 23.9 Å². The van der Waals surface area contributed by atoms with E-state index < -0.39 is 53.6 Å². The van der Waals surface area contributed by atoms with Gasteiger partial charge in [-0.2, -0.15) is 0 Å². The lowest BCUT2D eigenvalue weighted by molar-refractivity contribution is -0.152. The van der Waals surface area contributed by atoms with Crippen LogP contribution >= 0.6 is 11.6 Å². The summed E-state index contributed by atoms with van der Waals surface area (Å²) in [6.07, 6.45) is 0.921. The topological polar surface area (TPSA) is 160 Å². The third-order valence-corrected chi connectivity index (χ3v) is 5.95. The number of carbonyl (C=O) groups excluding carboxylic acids is 5. The Kier molecular flexibility index (Phi) is 11.2. The number of benzene rings is 2. The van der Waals surface area contributed by atoms with Crippen molar-refractivity contribution in [1.29, 1.82) is 0 Å². The third-order valence-electron chi connectivity index (χ3n) is 5.63. The molecule has 0 bridgehead atoms. The highest BCUT2D eigenvalue weighted by Crippen LogP contribution is 2.24. The molecule has 0 aliphatic heterocycles. The molecule has 5 N–H and O–H groups in total. The normalized spacial score (nSPS) is 12.3. The quantitative estimate of drug-likeness (QED) is 0.147. The van der Waals surface area contributed by atoms with Gasteiger partial charge in [0.25, 0.3) is 17.7 Å². The van der Waals surface area contributed by atoms with Gasteiger partial charge in [0.05, 0.1) is 17.3 Å². The molecule has 2 aromatic rings. The van der Waals surface area contributed by atoms with E-state index in [-0.39, 0.29) is 17.2 Å². The van der Waals surface area contributed by atoms with Gasteiger partial charge in [-0.1, -0.05) is 69.3 Å². The van der Waals surface area contributed by atoms with Crippen molar-refractivity contribution in [1.82, 2.24) is 21.1 Å². The predicted molar refractivity (Wildman–Crippen MR) is 151 cm³/mol. The molecule has 4 amide bonds. The van der Waals surface area contributed by atoms with Crippen LogP contribution < -0.4 is 21.8 Å². The van der Waals surface area contributed by atoms with Crippen LogP contribution in [0.2, 0.25) is 5.02 Å². The maximum absolute atomic E-state index is 13.6. The van der Waals surface area contributed by atoms with Gasteiger partial charge in [0.15, 0.2) is 0 Å². The van der Waals surface area contributed by atoms with Gasteiger partial charge in [-0.05, 0) is 42.2 Å². The molecule has 0 aliphatic carbocycles. The van der Waals surface area contributed by atoms with Crippen molar-refractivity contribution in [3.63, 3.8) is 0 Å². The number of nitrogens with one attached hydrogen (secondary N) is 3. The molecule has 2 rings (SSSR count). The minimum atomic E-state index is -1.30. The molecule has 1 unspecified atom stereocenters. The van der Waals surface area contributed by atoms with E-state index in [1.165, 1.54) is 18.2 Å². The molecule has 0 spiro atoms. The molecule has 11 nitrogen and oxygen atoms in total. The first-order chi connectivity index (χ1) is 18.8. The smallest absolute Gasteiger partial charge is 0.327 e. The summed E-state index contributed by atoms with van der Waals surface area (Å²) >= 11 is 6.05. The van der Waals surface area contributed by atoms with Crippen LogP contribution in [0.15, 0.2) is 61.2 Å². The standard InChI is InChI=1S/C28H34ClN5O6/c1-6-21(35)34(16-22(36)40-7-2)33-26(38)23(17-11-9-8-10-12-17)31-27(39)24(28(3,4)5)32-25(37)18-13-14-20(30)19(29)15-18/h6,8-15,23-24H,1,7,16,30H2,2-5H3,(H,31,39)(H,32,37)(H,33,38)/t23?,24-/m1/s1. The Morgan fingerprint density at radius 1 is 1.05 bits per heavy atom. The number of anilines is 1. The number of hydrogen-bond donors (Lipinski definition) is 4. The predicted octanol–water partition coefficient (Wildman–Crippen LogP) is 2.53. The average Bonchev–Trinajstić information content (AvgIpc) is 2.90. The van der Waals surface area contributed by atoms with Gasteiger partial charge in [0, 0.05) is 5.56 Å². The summed E-state index contributed by atoms with van der Waals surface area (Å²) < 4.78 is 4.87. The maximum atomic E-state index is 13.6. The minimum absolute atomic E-state index is 0.0775. The summed E-state index contributed by atoms with van der Waals surface area (Å²) in [6.45, 7) is 9.72. The zero-order chi connectivity index (χ0) is 30.0. The number of carbonyl (C=O) groups is 5. The molecule has 0 aromatic heterocycles. The van der Waals surface area contributed by atoms with E-state index in [1.54, 1.807) is 58.0 Å². The van der Waals surface area contributed by atoms with Gasteiger partial charge >= 0.3 is 5.97 Å². The fraction of sp³-hybridized carbons (Fsp3) is 0.321. The van der Waals surface area contributed by atoms with Crippen molar-refractivity contribution in [3.8, 4) is 0 Å². The van der Waals surface area contributed by atoms with E-state index in [2.05, 4.69) is 22.6 Å². The second kappa shape index (κ2) is 14.1. The highest BCUT2D eigenvalue weighted by molar-refractivity contribution is 6.33. The summed E-state index contributed by atoms with van der Waals surface area (Å²) in [5.41, 5.74) is 8.18. The van der Waals surface area contributed by atoms with E-state index in [1.807, 2.05) is 0 Å². The molecule has 2 atom stereocenters. The molecule has 12 heteroatoms. The third kappa shape index (κ3) is 8.84. The highest BCUT2D eigenvalue weighted by Gasteiger charge is 2.36. The van der Waals surface area contributed by atoms with Gasteiger partial charge in [0.1, 0.15) is 18.6 Å². The average molecular weight is 572 g/mol. The lowest BCUT2D eigenvalue weighted by atomic mass is 9.85. The van der Waals surface area contributed by atoms with Crippen molar-refractivity contribution in [2.75, 3.05) is 18.9 Å². The fourth-order valence-electron chi connectivity index (χ4n) is 3.55. The molecule has 2 aromatic carbocycles. The van der Waals surface area contributed by atoms with Crippen LogP contribution in [0.25, 0.3) is 0 Å². The Balaban J connectivity index is 2.35. The zero-order valence-electron chi connectivity index (χ0n) is 22.8. The minimum Gasteiger partial charge on any atom is -0.465 e. The first kappa shape index (κ1) is 31.8. The van der Waals surface area contributed by atoms with Crippen molar-refractivity contribution < 1.29 is 28.7 Å². The van der Waals surface area contributed by atoms with E-state index in [4.69, 9.17) is 22.1 Å². The van der Waals surface area contributed by atoms with Gasteiger partial charge in [-0.15, -0.1) is 0 Å².